The average molecular weight is 280 g/mol. The summed E-state index contributed by atoms with van der Waals surface area (Å²) in [5.74, 6) is 5.53. The quantitative estimate of drug-likeness (QED) is 0.532. The normalized spacial score (nSPS) is 10.1. The lowest BCUT2D eigenvalue weighted by molar-refractivity contribution is 0.163. The van der Waals surface area contributed by atoms with Gasteiger partial charge in [-0.3, -0.25) is 5.32 Å². The maximum absolute atomic E-state index is 10.9. The fourth-order valence-corrected chi connectivity index (χ4v) is 1.85. The first-order valence-corrected chi connectivity index (χ1v) is 7.17. The first kappa shape index (κ1) is 16.3. The zero-order chi connectivity index (χ0) is 14.6. The molecule has 5 nitrogen and oxygen atoms in total. The summed E-state index contributed by atoms with van der Waals surface area (Å²) in [5, 5.41) is 2.47. The van der Waals surface area contributed by atoms with Crippen LogP contribution in [0.25, 0.3) is 0 Å². The monoisotopic (exact) mass is 280 g/mol. The number of benzene rings is 1. The van der Waals surface area contributed by atoms with Crippen LogP contribution < -0.4 is 16.0 Å². The molecule has 0 radical (unpaired) electrons. The second-order valence-electron chi connectivity index (χ2n) is 4.67. The van der Waals surface area contributed by atoms with E-state index in [4.69, 9.17) is 10.6 Å². The Morgan fingerprint density at radius 3 is 2.40 bits per heavy atom. The molecule has 0 unspecified atom stereocenters. The molecule has 0 aliphatic carbocycles. The van der Waals surface area contributed by atoms with E-state index >= 15 is 0 Å². The minimum atomic E-state index is -0.689. The molecule has 0 spiro atoms. The largest absolute Gasteiger partial charge is 0.494 e. The third-order valence-electron chi connectivity index (χ3n) is 2.97. The van der Waals surface area contributed by atoms with Gasteiger partial charge in [0.25, 0.3) is 0 Å². The van der Waals surface area contributed by atoms with Crippen LogP contribution in [0.4, 0.5) is 10.5 Å². The van der Waals surface area contributed by atoms with Crippen LogP contribution in [-0.4, -0.2) is 12.7 Å². The molecule has 0 aliphatic heterocycles. The number of hydrogen-bond acceptors (Lipinski definition) is 4. The Balaban J connectivity index is 2.16. The van der Waals surface area contributed by atoms with E-state index in [9.17, 15) is 4.79 Å². The third kappa shape index (κ3) is 6.99. The van der Waals surface area contributed by atoms with E-state index in [1.165, 1.54) is 32.1 Å². The lowest BCUT2D eigenvalue weighted by atomic mass is 10.1. The molecule has 3 N–H and O–H groups in total. The Hall–Kier alpha value is -1.75. The minimum absolute atomic E-state index is 0.618. The number of unbranched alkanes of at least 4 members (excludes halogenated alkanes) is 5. The van der Waals surface area contributed by atoms with E-state index < -0.39 is 6.09 Å². The molecule has 1 aromatic carbocycles. The highest BCUT2D eigenvalue weighted by Crippen LogP contribution is 2.16. The van der Waals surface area contributed by atoms with Crippen molar-refractivity contribution in [1.82, 2.24) is 0 Å². The average Bonchev–Trinajstić information content (AvgIpc) is 2.48. The zero-order valence-electron chi connectivity index (χ0n) is 12.1. The van der Waals surface area contributed by atoms with Crippen molar-refractivity contribution in [2.24, 2.45) is 5.90 Å². The first-order chi connectivity index (χ1) is 9.76. The predicted molar refractivity (Wildman–Crippen MR) is 79.6 cm³/mol. The topological polar surface area (TPSA) is 73.6 Å². The van der Waals surface area contributed by atoms with Crippen LogP contribution in [0.15, 0.2) is 24.3 Å². The van der Waals surface area contributed by atoms with Crippen molar-refractivity contribution >= 4 is 11.8 Å². The summed E-state index contributed by atoms with van der Waals surface area (Å²) < 4.78 is 5.63. The van der Waals surface area contributed by atoms with E-state index in [1.807, 2.05) is 12.1 Å². The van der Waals surface area contributed by atoms with Gasteiger partial charge in [-0.1, -0.05) is 39.0 Å². The standard InChI is InChI=1S/C15H24N2O3/c1-2-3-4-5-6-7-12-19-14-10-8-13(9-11-14)17-15(18)20-16/h8-11H,2-7,12,16H2,1H3,(H,17,18). The number of carbonyl (C=O) groups excluding carboxylic acids is 1. The first-order valence-electron chi connectivity index (χ1n) is 7.17. The van der Waals surface area contributed by atoms with Crippen molar-refractivity contribution < 1.29 is 14.4 Å². The van der Waals surface area contributed by atoms with Gasteiger partial charge in [-0.15, -0.1) is 0 Å². The van der Waals surface area contributed by atoms with Gasteiger partial charge in [0.15, 0.2) is 0 Å². The van der Waals surface area contributed by atoms with Crippen molar-refractivity contribution in [3.63, 3.8) is 0 Å². The van der Waals surface area contributed by atoms with E-state index in [1.54, 1.807) is 12.1 Å². The maximum Gasteiger partial charge on any atom is 0.430 e. The number of amides is 1. The van der Waals surface area contributed by atoms with Crippen LogP contribution >= 0.6 is 0 Å². The Morgan fingerprint density at radius 1 is 1.10 bits per heavy atom. The molecule has 0 fully saturated rings. The van der Waals surface area contributed by atoms with E-state index in [2.05, 4.69) is 17.1 Å². The van der Waals surface area contributed by atoms with Gasteiger partial charge in [0.05, 0.1) is 6.61 Å². The number of rotatable bonds is 9. The summed E-state index contributed by atoms with van der Waals surface area (Å²) in [6.45, 7) is 2.94. The second kappa shape index (κ2) is 10.1. The molecule has 1 amide bonds. The van der Waals surface area contributed by atoms with Crippen LogP contribution in [-0.2, 0) is 4.84 Å². The predicted octanol–water partition coefficient (Wildman–Crippen LogP) is 3.85. The molecule has 20 heavy (non-hydrogen) atoms. The summed E-state index contributed by atoms with van der Waals surface area (Å²) in [4.78, 5) is 14.9. The van der Waals surface area contributed by atoms with Gasteiger partial charge in [-0.05, 0) is 30.7 Å². The van der Waals surface area contributed by atoms with Crippen LogP contribution in [0.3, 0.4) is 0 Å². The third-order valence-corrected chi connectivity index (χ3v) is 2.97. The van der Waals surface area contributed by atoms with Crippen molar-refractivity contribution in [2.75, 3.05) is 11.9 Å². The van der Waals surface area contributed by atoms with Crippen molar-refractivity contribution in [1.29, 1.82) is 0 Å². The lowest BCUT2D eigenvalue weighted by Crippen LogP contribution is -2.17. The molecule has 0 bridgehead atoms. The van der Waals surface area contributed by atoms with Gasteiger partial charge in [0, 0.05) is 5.69 Å². The number of anilines is 1. The van der Waals surface area contributed by atoms with E-state index in [0.29, 0.717) is 5.69 Å². The Morgan fingerprint density at radius 2 is 1.75 bits per heavy atom. The summed E-state index contributed by atoms with van der Waals surface area (Å²) in [6.07, 6.45) is 6.78. The highest BCUT2D eigenvalue weighted by atomic mass is 16.7. The molecule has 0 heterocycles. The zero-order valence-corrected chi connectivity index (χ0v) is 12.1. The lowest BCUT2D eigenvalue weighted by Gasteiger charge is -2.07. The number of carbonyl (C=O) groups is 1. The van der Waals surface area contributed by atoms with E-state index in [-0.39, 0.29) is 0 Å². The molecule has 1 rings (SSSR count). The minimum Gasteiger partial charge on any atom is -0.494 e. The number of hydrogen-bond donors (Lipinski definition) is 2. The van der Waals surface area contributed by atoms with Crippen LogP contribution in [0.1, 0.15) is 45.4 Å². The van der Waals surface area contributed by atoms with Crippen molar-refractivity contribution in [3.8, 4) is 5.75 Å². The van der Waals surface area contributed by atoms with Gasteiger partial charge in [-0.2, -0.15) is 5.90 Å². The van der Waals surface area contributed by atoms with Crippen LogP contribution in [0.2, 0.25) is 0 Å². The van der Waals surface area contributed by atoms with Gasteiger partial charge in [-0.25, -0.2) is 4.79 Å². The fourth-order valence-electron chi connectivity index (χ4n) is 1.85. The molecule has 0 atom stereocenters. The number of ether oxygens (including phenoxy) is 1. The maximum atomic E-state index is 10.9. The number of nitrogens with two attached hydrogens (primary N) is 1. The van der Waals surface area contributed by atoms with Gasteiger partial charge in [0.1, 0.15) is 5.75 Å². The highest BCUT2D eigenvalue weighted by molar-refractivity contribution is 5.84. The molecule has 0 saturated heterocycles. The Labute approximate surface area is 120 Å². The highest BCUT2D eigenvalue weighted by Gasteiger charge is 2.01. The summed E-state index contributed by atoms with van der Waals surface area (Å²) >= 11 is 0. The molecular weight excluding hydrogens is 256 g/mol. The second-order valence-corrected chi connectivity index (χ2v) is 4.67. The molecule has 0 aromatic heterocycles. The van der Waals surface area contributed by atoms with Gasteiger partial charge < -0.3 is 9.57 Å². The smallest absolute Gasteiger partial charge is 0.430 e. The Kier molecular flexibility index (Phi) is 8.22. The van der Waals surface area contributed by atoms with Crippen LogP contribution in [0, 0.1) is 0 Å². The molecular formula is C15H24N2O3. The summed E-state index contributed by atoms with van der Waals surface area (Å²) in [5.41, 5.74) is 0.618. The van der Waals surface area contributed by atoms with Crippen LogP contribution in [0.5, 0.6) is 5.75 Å². The van der Waals surface area contributed by atoms with E-state index in [0.717, 1.165) is 18.8 Å². The van der Waals surface area contributed by atoms with Crippen molar-refractivity contribution in [3.05, 3.63) is 24.3 Å². The summed E-state index contributed by atoms with van der Waals surface area (Å²) in [7, 11) is 0. The molecule has 0 saturated carbocycles. The van der Waals surface area contributed by atoms with Gasteiger partial charge >= 0.3 is 6.09 Å². The summed E-state index contributed by atoms with van der Waals surface area (Å²) in [6, 6.07) is 7.10. The molecule has 5 heteroatoms. The number of nitrogens with one attached hydrogen (secondary N) is 1. The van der Waals surface area contributed by atoms with Crippen molar-refractivity contribution in [2.45, 2.75) is 45.4 Å². The Bertz CT molecular complexity index is 379. The molecule has 112 valence electrons. The fraction of sp³-hybridized carbons (Fsp3) is 0.533. The molecule has 0 aliphatic rings. The SMILES string of the molecule is CCCCCCCCOc1ccc(NC(=O)ON)cc1. The van der Waals surface area contributed by atoms with Gasteiger partial charge in [0.2, 0.25) is 0 Å². The molecule has 1 aromatic rings.